The molecule has 3 aromatic heterocycles. The highest BCUT2D eigenvalue weighted by Crippen LogP contribution is 2.40. The van der Waals surface area contributed by atoms with Crippen LogP contribution in [0, 0.1) is 0 Å². The third-order valence-electron chi connectivity index (χ3n) is 4.33. The average molecular weight is 398 g/mol. The van der Waals surface area contributed by atoms with Gasteiger partial charge < -0.3 is 19.2 Å². The van der Waals surface area contributed by atoms with Crippen molar-refractivity contribution < 1.29 is 13.9 Å². The Balaban J connectivity index is 0.00000192. The maximum atomic E-state index is 5.54. The van der Waals surface area contributed by atoms with Gasteiger partial charge in [-0.15, -0.1) is 12.4 Å². The second-order valence-electron chi connectivity index (χ2n) is 5.90. The first-order chi connectivity index (χ1) is 13.3. The van der Waals surface area contributed by atoms with Crippen LogP contribution in [0.2, 0.25) is 0 Å². The number of hydrogen-bond donors (Lipinski definition) is 1. The number of ether oxygens (including phenoxy) is 2. The van der Waals surface area contributed by atoms with Crippen molar-refractivity contribution in [1.29, 1.82) is 0 Å². The molecule has 142 valence electrons. The number of hydrogen-bond acceptors (Lipinski definition) is 7. The van der Waals surface area contributed by atoms with Crippen LogP contribution in [-0.4, -0.2) is 33.4 Å². The highest BCUT2D eigenvalue weighted by atomic mass is 35.5. The number of halogens is 1. The molecule has 0 fully saturated rings. The highest BCUT2D eigenvalue weighted by molar-refractivity contribution is 5.88. The number of nitrogens with zero attached hydrogens (tertiary/aromatic N) is 4. The van der Waals surface area contributed by atoms with Crippen molar-refractivity contribution in [2.24, 2.45) is 0 Å². The van der Waals surface area contributed by atoms with E-state index in [4.69, 9.17) is 18.9 Å². The molecule has 0 amide bonds. The molecule has 0 aliphatic carbocycles. The van der Waals surface area contributed by atoms with E-state index in [1.165, 1.54) is 0 Å². The van der Waals surface area contributed by atoms with E-state index in [2.05, 4.69) is 15.3 Å². The van der Waals surface area contributed by atoms with Crippen LogP contribution < -0.4 is 14.8 Å². The first kappa shape index (κ1) is 17.9. The molecule has 1 aromatic carbocycles. The molecule has 5 rings (SSSR count). The summed E-state index contributed by atoms with van der Waals surface area (Å²) in [4.78, 5) is 13.5. The van der Waals surface area contributed by atoms with Crippen LogP contribution in [0.15, 0.2) is 59.9 Å². The number of furan rings is 1. The molecule has 4 aromatic rings. The van der Waals surface area contributed by atoms with Gasteiger partial charge in [-0.2, -0.15) is 4.98 Å². The molecule has 1 aliphatic heterocycles. The number of fused-ring (bicyclic) bond motifs is 1. The molecule has 4 heterocycles. The standard InChI is InChI=1S/C19H15N5O3.ClH/c1-20-18-16(13-4-7-25-9-13)17(22-19(23-18)24-6-5-21-10-24)12-2-3-14-15(8-12)27-11-26-14;/h2-10H,11H2,1H3,(H,20,22,23);1H. The van der Waals surface area contributed by atoms with E-state index in [-0.39, 0.29) is 19.2 Å². The molecule has 1 aliphatic rings. The summed E-state index contributed by atoms with van der Waals surface area (Å²) in [7, 11) is 1.83. The minimum Gasteiger partial charge on any atom is -0.472 e. The first-order valence-corrected chi connectivity index (χ1v) is 8.34. The number of rotatable bonds is 4. The van der Waals surface area contributed by atoms with Gasteiger partial charge in [0.1, 0.15) is 12.1 Å². The molecule has 1 N–H and O–H groups in total. The van der Waals surface area contributed by atoms with Crippen molar-refractivity contribution in [2.45, 2.75) is 0 Å². The molecule has 0 saturated heterocycles. The topological polar surface area (TPSA) is 87.2 Å². The predicted molar refractivity (Wildman–Crippen MR) is 105 cm³/mol. The molecule has 0 saturated carbocycles. The Bertz CT molecular complexity index is 1100. The zero-order chi connectivity index (χ0) is 18.2. The lowest BCUT2D eigenvalue weighted by atomic mass is 10.0. The quantitative estimate of drug-likeness (QED) is 0.560. The van der Waals surface area contributed by atoms with Crippen LogP contribution in [0.4, 0.5) is 5.82 Å². The molecular formula is C19H16ClN5O3. The van der Waals surface area contributed by atoms with E-state index in [0.717, 1.165) is 28.1 Å². The van der Waals surface area contributed by atoms with Crippen molar-refractivity contribution in [2.75, 3.05) is 19.2 Å². The fourth-order valence-electron chi connectivity index (χ4n) is 3.06. The number of benzene rings is 1. The van der Waals surface area contributed by atoms with Gasteiger partial charge in [-0.1, -0.05) is 0 Å². The van der Waals surface area contributed by atoms with E-state index < -0.39 is 0 Å². The zero-order valence-corrected chi connectivity index (χ0v) is 15.6. The molecule has 28 heavy (non-hydrogen) atoms. The van der Waals surface area contributed by atoms with Gasteiger partial charge in [0.25, 0.3) is 0 Å². The number of imidazole rings is 1. The van der Waals surface area contributed by atoms with Crippen molar-refractivity contribution in [3.8, 4) is 39.8 Å². The lowest BCUT2D eigenvalue weighted by Crippen LogP contribution is -2.06. The number of anilines is 1. The van der Waals surface area contributed by atoms with E-state index in [1.807, 2.05) is 31.3 Å². The Morgan fingerprint density at radius 3 is 2.71 bits per heavy atom. The minimum absolute atomic E-state index is 0. The van der Waals surface area contributed by atoms with Crippen LogP contribution in [0.5, 0.6) is 11.5 Å². The minimum atomic E-state index is 0. The summed E-state index contributed by atoms with van der Waals surface area (Å²) in [5, 5.41) is 3.17. The summed E-state index contributed by atoms with van der Waals surface area (Å²) in [6.45, 7) is 0.221. The van der Waals surface area contributed by atoms with Gasteiger partial charge in [-0.05, 0) is 24.3 Å². The Kier molecular flexibility index (Phi) is 4.62. The SMILES string of the molecule is CNc1nc(-n2ccnc2)nc(-c2ccc3c(c2)OCO3)c1-c1ccoc1.Cl. The van der Waals surface area contributed by atoms with Gasteiger partial charge in [0.15, 0.2) is 11.5 Å². The maximum absolute atomic E-state index is 5.54. The number of aromatic nitrogens is 4. The molecule has 0 spiro atoms. The third kappa shape index (κ3) is 2.93. The van der Waals surface area contributed by atoms with Gasteiger partial charge in [-0.3, -0.25) is 4.57 Å². The van der Waals surface area contributed by atoms with Gasteiger partial charge >= 0.3 is 0 Å². The molecule has 8 nitrogen and oxygen atoms in total. The van der Waals surface area contributed by atoms with Gasteiger partial charge in [0, 0.05) is 30.6 Å². The predicted octanol–water partition coefficient (Wildman–Crippen LogP) is 3.78. The van der Waals surface area contributed by atoms with Crippen molar-refractivity contribution in [3.05, 3.63) is 55.5 Å². The van der Waals surface area contributed by atoms with Crippen LogP contribution in [0.1, 0.15) is 0 Å². The summed E-state index contributed by atoms with van der Waals surface area (Å²) < 4.78 is 18.0. The average Bonchev–Trinajstić information content (AvgIpc) is 3.48. The summed E-state index contributed by atoms with van der Waals surface area (Å²) in [6.07, 6.45) is 8.45. The Hall–Kier alpha value is -3.52. The second-order valence-corrected chi connectivity index (χ2v) is 5.90. The lowest BCUT2D eigenvalue weighted by molar-refractivity contribution is 0.174. The Morgan fingerprint density at radius 2 is 1.96 bits per heavy atom. The van der Waals surface area contributed by atoms with Crippen LogP contribution in [0.3, 0.4) is 0 Å². The lowest BCUT2D eigenvalue weighted by Gasteiger charge is -2.15. The molecule has 0 bridgehead atoms. The largest absolute Gasteiger partial charge is 0.472 e. The monoisotopic (exact) mass is 397 g/mol. The van der Waals surface area contributed by atoms with Gasteiger partial charge in [0.05, 0.1) is 23.8 Å². The van der Waals surface area contributed by atoms with Crippen molar-refractivity contribution in [1.82, 2.24) is 19.5 Å². The smallest absolute Gasteiger partial charge is 0.237 e. The Labute approximate surface area is 166 Å². The van der Waals surface area contributed by atoms with E-state index in [0.29, 0.717) is 17.5 Å². The summed E-state index contributed by atoms with van der Waals surface area (Å²) in [5.74, 6) is 2.61. The third-order valence-corrected chi connectivity index (χ3v) is 4.33. The summed E-state index contributed by atoms with van der Waals surface area (Å²) in [5.41, 5.74) is 3.35. The van der Waals surface area contributed by atoms with Crippen LogP contribution >= 0.6 is 12.4 Å². The zero-order valence-electron chi connectivity index (χ0n) is 14.8. The van der Waals surface area contributed by atoms with E-state index >= 15 is 0 Å². The van der Waals surface area contributed by atoms with Gasteiger partial charge in [0.2, 0.25) is 12.7 Å². The van der Waals surface area contributed by atoms with E-state index in [9.17, 15) is 0 Å². The molecule has 0 radical (unpaired) electrons. The molecule has 0 unspecified atom stereocenters. The van der Waals surface area contributed by atoms with E-state index in [1.54, 1.807) is 35.8 Å². The second kappa shape index (κ2) is 7.24. The Morgan fingerprint density at radius 1 is 1.07 bits per heavy atom. The normalized spacial score (nSPS) is 11.9. The van der Waals surface area contributed by atoms with Crippen molar-refractivity contribution in [3.63, 3.8) is 0 Å². The van der Waals surface area contributed by atoms with Crippen LogP contribution in [-0.2, 0) is 0 Å². The summed E-state index contributed by atoms with van der Waals surface area (Å²) in [6, 6.07) is 7.64. The molecule has 9 heteroatoms. The fraction of sp³-hybridized carbons (Fsp3) is 0.105. The first-order valence-electron chi connectivity index (χ1n) is 8.34. The fourth-order valence-corrected chi connectivity index (χ4v) is 3.06. The number of nitrogens with one attached hydrogen (secondary N) is 1. The van der Waals surface area contributed by atoms with Gasteiger partial charge in [-0.25, -0.2) is 9.97 Å². The van der Waals surface area contributed by atoms with Crippen LogP contribution in [0.25, 0.3) is 28.3 Å². The highest BCUT2D eigenvalue weighted by Gasteiger charge is 2.21. The molecule has 0 atom stereocenters. The molecular weight excluding hydrogens is 382 g/mol. The van der Waals surface area contributed by atoms with Crippen molar-refractivity contribution >= 4 is 18.2 Å². The summed E-state index contributed by atoms with van der Waals surface area (Å²) >= 11 is 0. The maximum Gasteiger partial charge on any atom is 0.237 e.